The lowest BCUT2D eigenvalue weighted by molar-refractivity contribution is -0.0168. The number of aryl methyl sites for hydroxylation is 2. The van der Waals surface area contributed by atoms with Gasteiger partial charge in [0.2, 0.25) is 0 Å². The van der Waals surface area contributed by atoms with Crippen LogP contribution in [-0.2, 0) is 17.1 Å². The third kappa shape index (κ3) is 2.83. The molecular weight excluding hydrogens is 348 g/mol. The number of fused-ring (bicyclic) bond motifs is 2. The summed E-state index contributed by atoms with van der Waals surface area (Å²) in [5, 5.41) is 9.90. The summed E-state index contributed by atoms with van der Waals surface area (Å²) in [6.45, 7) is 4.76. The molecule has 0 spiro atoms. The van der Waals surface area contributed by atoms with E-state index in [1.165, 1.54) is 0 Å². The molecule has 0 atom stereocenters. The maximum atomic E-state index is 6.22. The highest BCUT2D eigenvalue weighted by atomic mass is 35.5. The smallest absolute Gasteiger partial charge is 0.256 e. The van der Waals surface area contributed by atoms with Crippen LogP contribution in [0.5, 0.6) is 5.75 Å². The van der Waals surface area contributed by atoms with E-state index < -0.39 is 0 Å². The molecule has 0 saturated carbocycles. The highest BCUT2D eigenvalue weighted by molar-refractivity contribution is 7.98. The molecule has 3 heterocycles. The van der Waals surface area contributed by atoms with Gasteiger partial charge in [0, 0.05) is 33.3 Å². The van der Waals surface area contributed by atoms with Crippen LogP contribution in [0.2, 0.25) is 5.02 Å². The zero-order valence-electron chi connectivity index (χ0n) is 13.2. The molecule has 0 unspecified atom stereocenters. The van der Waals surface area contributed by atoms with Crippen molar-refractivity contribution < 1.29 is 9.47 Å². The molecule has 8 heteroatoms. The summed E-state index contributed by atoms with van der Waals surface area (Å²) in [4.78, 5) is 4.41. The second kappa shape index (κ2) is 6.23. The second-order valence-corrected chi connectivity index (χ2v) is 6.99. The summed E-state index contributed by atoms with van der Waals surface area (Å²) in [7, 11) is 0. The van der Waals surface area contributed by atoms with Gasteiger partial charge in [-0.25, -0.2) is 4.98 Å². The minimum atomic E-state index is 0.266. The van der Waals surface area contributed by atoms with Gasteiger partial charge in [-0.1, -0.05) is 23.4 Å². The molecule has 0 N–H and O–H groups in total. The summed E-state index contributed by atoms with van der Waals surface area (Å²) in [5.74, 6) is 2.15. The lowest BCUT2D eigenvalue weighted by Crippen LogP contribution is -2.13. The Morgan fingerprint density at radius 1 is 1.25 bits per heavy atom. The van der Waals surface area contributed by atoms with Crippen molar-refractivity contribution in [3.8, 4) is 5.75 Å². The van der Waals surface area contributed by atoms with Gasteiger partial charge in [-0.05, 0) is 32.0 Å². The van der Waals surface area contributed by atoms with Crippen molar-refractivity contribution in [2.75, 3.05) is 6.79 Å². The van der Waals surface area contributed by atoms with E-state index in [9.17, 15) is 0 Å². The number of ether oxygens (including phenoxy) is 2. The van der Waals surface area contributed by atoms with Crippen LogP contribution in [0.25, 0.3) is 5.78 Å². The minimum Gasteiger partial charge on any atom is -0.467 e. The minimum absolute atomic E-state index is 0.266. The number of rotatable bonds is 3. The van der Waals surface area contributed by atoms with Crippen molar-refractivity contribution in [1.29, 1.82) is 0 Å². The van der Waals surface area contributed by atoms with Gasteiger partial charge < -0.3 is 9.47 Å². The third-order valence-corrected chi connectivity index (χ3v) is 4.97. The molecule has 0 saturated heterocycles. The molecule has 3 aromatic rings. The summed E-state index contributed by atoms with van der Waals surface area (Å²) in [5.41, 5.74) is 3.99. The normalized spacial score (nSPS) is 13.8. The van der Waals surface area contributed by atoms with Crippen LogP contribution < -0.4 is 4.74 Å². The molecule has 1 aromatic carbocycles. The van der Waals surface area contributed by atoms with Crippen LogP contribution in [-0.4, -0.2) is 26.4 Å². The Labute approximate surface area is 148 Å². The average Bonchev–Trinajstić information content (AvgIpc) is 2.95. The molecule has 1 aliphatic heterocycles. The molecular formula is C16H15ClN4O2S. The highest BCUT2D eigenvalue weighted by Gasteiger charge is 2.18. The molecule has 1 aliphatic rings. The molecule has 4 rings (SSSR count). The zero-order chi connectivity index (χ0) is 16.7. The molecule has 0 radical (unpaired) electrons. The second-order valence-electron chi connectivity index (χ2n) is 5.61. The molecule has 2 aromatic heterocycles. The number of thioether (sulfide) groups is 1. The first-order valence-electron chi connectivity index (χ1n) is 7.46. The van der Waals surface area contributed by atoms with E-state index in [4.69, 9.17) is 21.1 Å². The topological polar surface area (TPSA) is 61.5 Å². The number of benzene rings is 1. The maximum Gasteiger partial charge on any atom is 0.256 e. The molecule has 24 heavy (non-hydrogen) atoms. The van der Waals surface area contributed by atoms with Crippen LogP contribution in [0.4, 0.5) is 0 Å². The summed E-state index contributed by atoms with van der Waals surface area (Å²) in [6, 6.07) is 5.83. The summed E-state index contributed by atoms with van der Waals surface area (Å²) in [6.07, 6.45) is 0. The first kappa shape index (κ1) is 15.7. The van der Waals surface area contributed by atoms with Crippen molar-refractivity contribution in [3.05, 3.63) is 45.7 Å². The van der Waals surface area contributed by atoms with Crippen molar-refractivity contribution in [2.24, 2.45) is 0 Å². The predicted octanol–water partition coefficient (Wildman–Crippen LogP) is 3.55. The van der Waals surface area contributed by atoms with E-state index in [0.717, 1.165) is 33.4 Å². The van der Waals surface area contributed by atoms with Gasteiger partial charge in [-0.2, -0.15) is 0 Å². The van der Waals surface area contributed by atoms with Gasteiger partial charge >= 0.3 is 0 Å². The van der Waals surface area contributed by atoms with Gasteiger partial charge in [0.15, 0.2) is 11.9 Å². The van der Waals surface area contributed by atoms with Crippen LogP contribution in [0.1, 0.15) is 22.5 Å². The predicted molar refractivity (Wildman–Crippen MR) is 91.6 cm³/mol. The Hall–Kier alpha value is -1.83. The Morgan fingerprint density at radius 3 is 3.00 bits per heavy atom. The summed E-state index contributed by atoms with van der Waals surface area (Å²) >= 11 is 7.80. The monoisotopic (exact) mass is 362 g/mol. The van der Waals surface area contributed by atoms with Gasteiger partial charge in [-0.15, -0.1) is 10.2 Å². The average molecular weight is 363 g/mol. The first-order chi connectivity index (χ1) is 11.6. The van der Waals surface area contributed by atoms with Crippen LogP contribution in [0.3, 0.4) is 0 Å². The lowest BCUT2D eigenvalue weighted by Gasteiger charge is -2.20. The number of nitrogens with zero attached hydrogens (tertiary/aromatic N) is 4. The van der Waals surface area contributed by atoms with Gasteiger partial charge in [0.25, 0.3) is 5.78 Å². The van der Waals surface area contributed by atoms with E-state index in [0.29, 0.717) is 23.2 Å². The van der Waals surface area contributed by atoms with Crippen molar-refractivity contribution in [3.63, 3.8) is 0 Å². The molecule has 0 fully saturated rings. The molecule has 0 amide bonds. The SMILES string of the molecule is Cc1cc(C)n2c(SCc3cc(Cl)cc4c3OCOC4)nnc2n1. The molecule has 6 nitrogen and oxygen atoms in total. The van der Waals surface area contributed by atoms with E-state index >= 15 is 0 Å². The fourth-order valence-corrected chi connectivity index (χ4v) is 4.02. The van der Waals surface area contributed by atoms with Gasteiger partial charge in [0.1, 0.15) is 5.75 Å². The van der Waals surface area contributed by atoms with Crippen LogP contribution >= 0.6 is 23.4 Å². The number of halogens is 1. The van der Waals surface area contributed by atoms with Crippen molar-refractivity contribution >= 4 is 29.1 Å². The third-order valence-electron chi connectivity index (χ3n) is 3.77. The maximum absolute atomic E-state index is 6.22. The molecule has 0 aliphatic carbocycles. The van der Waals surface area contributed by atoms with E-state index in [-0.39, 0.29) is 6.79 Å². The quantitative estimate of drug-likeness (QED) is 0.664. The highest BCUT2D eigenvalue weighted by Crippen LogP contribution is 2.35. The Bertz CT molecular complexity index is 928. The van der Waals surface area contributed by atoms with E-state index in [1.807, 2.05) is 36.4 Å². The fraction of sp³-hybridized carbons (Fsp3) is 0.312. The summed E-state index contributed by atoms with van der Waals surface area (Å²) < 4.78 is 12.9. The first-order valence-corrected chi connectivity index (χ1v) is 8.82. The number of hydrogen-bond donors (Lipinski definition) is 0. The fourth-order valence-electron chi connectivity index (χ4n) is 2.80. The van der Waals surface area contributed by atoms with E-state index in [2.05, 4.69) is 15.2 Å². The zero-order valence-corrected chi connectivity index (χ0v) is 14.8. The van der Waals surface area contributed by atoms with E-state index in [1.54, 1.807) is 11.8 Å². The Kier molecular flexibility index (Phi) is 4.07. The standard InChI is InChI=1S/C16H15ClN4O2S/c1-9-3-10(2)21-15(18-9)19-20-16(21)24-7-12-5-13(17)4-11-6-22-8-23-14(11)12/h3-5H,6-8H2,1-2H3. The Balaban J connectivity index is 1.65. The van der Waals surface area contributed by atoms with Crippen LogP contribution in [0, 0.1) is 13.8 Å². The number of aromatic nitrogens is 4. The van der Waals surface area contributed by atoms with Gasteiger partial charge in [-0.3, -0.25) is 4.40 Å². The van der Waals surface area contributed by atoms with Crippen LogP contribution in [0.15, 0.2) is 23.4 Å². The largest absolute Gasteiger partial charge is 0.467 e. The van der Waals surface area contributed by atoms with Crippen molar-refractivity contribution in [2.45, 2.75) is 31.4 Å². The lowest BCUT2D eigenvalue weighted by atomic mass is 10.1. The molecule has 124 valence electrons. The number of hydrogen-bond acceptors (Lipinski definition) is 6. The Morgan fingerprint density at radius 2 is 2.12 bits per heavy atom. The van der Waals surface area contributed by atoms with Crippen molar-refractivity contribution in [1.82, 2.24) is 19.6 Å². The molecule has 0 bridgehead atoms. The van der Waals surface area contributed by atoms with Gasteiger partial charge in [0.05, 0.1) is 6.61 Å².